The SMILES string of the molecule is CCN1CCCC1CNC(=O)c1ccc2c(OC)cccc2c1OC. The summed E-state index contributed by atoms with van der Waals surface area (Å²) in [6.45, 7) is 4.99. The minimum Gasteiger partial charge on any atom is -0.496 e. The predicted octanol–water partition coefficient (Wildman–Crippen LogP) is 3.07. The number of rotatable bonds is 6. The van der Waals surface area contributed by atoms with Crippen molar-refractivity contribution in [1.29, 1.82) is 0 Å². The molecule has 0 aliphatic carbocycles. The van der Waals surface area contributed by atoms with Crippen LogP contribution in [-0.2, 0) is 0 Å². The van der Waals surface area contributed by atoms with Crippen LogP contribution >= 0.6 is 0 Å². The van der Waals surface area contributed by atoms with Crippen LogP contribution in [0, 0.1) is 0 Å². The van der Waals surface area contributed by atoms with Crippen molar-refractivity contribution >= 4 is 16.7 Å². The van der Waals surface area contributed by atoms with E-state index in [0.29, 0.717) is 23.9 Å². The number of carbonyl (C=O) groups excluding carboxylic acids is 1. The molecule has 1 heterocycles. The summed E-state index contributed by atoms with van der Waals surface area (Å²) in [5.74, 6) is 1.27. The molecule has 0 aromatic heterocycles. The van der Waals surface area contributed by atoms with Crippen molar-refractivity contribution < 1.29 is 14.3 Å². The standard InChI is InChI=1S/C20H26N2O3/c1-4-22-12-6-7-14(22)13-21-20(23)17-11-10-15-16(19(17)25-3)8-5-9-18(15)24-2/h5,8-11,14H,4,6-7,12-13H2,1-3H3,(H,21,23). The molecule has 1 saturated heterocycles. The van der Waals surface area contributed by atoms with Crippen molar-refractivity contribution in [3.05, 3.63) is 35.9 Å². The Bertz CT molecular complexity index is 760. The monoisotopic (exact) mass is 342 g/mol. The molecule has 0 saturated carbocycles. The molecule has 0 bridgehead atoms. The normalized spacial score (nSPS) is 17.6. The van der Waals surface area contributed by atoms with Gasteiger partial charge in [-0.25, -0.2) is 0 Å². The van der Waals surface area contributed by atoms with Crippen LogP contribution in [-0.4, -0.2) is 50.7 Å². The molecule has 134 valence electrons. The second kappa shape index (κ2) is 7.74. The lowest BCUT2D eigenvalue weighted by Crippen LogP contribution is -2.40. The maximum atomic E-state index is 12.7. The number of nitrogens with zero attached hydrogens (tertiary/aromatic N) is 1. The molecule has 0 spiro atoms. The van der Waals surface area contributed by atoms with Gasteiger partial charge in [0.25, 0.3) is 5.91 Å². The number of carbonyl (C=O) groups is 1. The molecule has 5 nitrogen and oxygen atoms in total. The van der Waals surface area contributed by atoms with Gasteiger partial charge in [0.05, 0.1) is 19.8 Å². The fourth-order valence-corrected chi connectivity index (χ4v) is 3.73. The molecule has 1 aliphatic rings. The fourth-order valence-electron chi connectivity index (χ4n) is 3.73. The Morgan fingerprint density at radius 3 is 2.76 bits per heavy atom. The molecular weight excluding hydrogens is 316 g/mol. The number of amides is 1. The average Bonchev–Trinajstić information content (AvgIpc) is 3.12. The summed E-state index contributed by atoms with van der Waals surface area (Å²) in [5, 5.41) is 4.90. The number of nitrogens with one attached hydrogen (secondary N) is 1. The van der Waals surface area contributed by atoms with Gasteiger partial charge >= 0.3 is 0 Å². The molecule has 2 aromatic rings. The Labute approximate surface area is 148 Å². The molecule has 1 fully saturated rings. The Balaban J connectivity index is 1.84. The number of likely N-dealkylation sites (N-methyl/N-ethyl adjacent to an activating group) is 1. The average molecular weight is 342 g/mol. The van der Waals surface area contributed by atoms with E-state index in [1.54, 1.807) is 14.2 Å². The summed E-state index contributed by atoms with van der Waals surface area (Å²) >= 11 is 0. The van der Waals surface area contributed by atoms with Gasteiger partial charge < -0.3 is 14.8 Å². The zero-order valence-corrected chi connectivity index (χ0v) is 15.2. The van der Waals surface area contributed by atoms with Gasteiger partial charge in [-0.05, 0) is 44.1 Å². The van der Waals surface area contributed by atoms with Crippen LogP contribution in [0.2, 0.25) is 0 Å². The molecule has 1 aliphatic heterocycles. The summed E-state index contributed by atoms with van der Waals surface area (Å²) < 4.78 is 11.0. The van der Waals surface area contributed by atoms with Gasteiger partial charge in [0, 0.05) is 23.4 Å². The van der Waals surface area contributed by atoms with Crippen molar-refractivity contribution in [3.63, 3.8) is 0 Å². The Morgan fingerprint density at radius 2 is 2.04 bits per heavy atom. The van der Waals surface area contributed by atoms with Gasteiger partial charge in [-0.2, -0.15) is 0 Å². The van der Waals surface area contributed by atoms with Crippen LogP contribution in [0.1, 0.15) is 30.1 Å². The molecule has 0 radical (unpaired) electrons. The maximum Gasteiger partial charge on any atom is 0.255 e. The minimum absolute atomic E-state index is 0.0930. The number of fused-ring (bicyclic) bond motifs is 1. The number of methoxy groups -OCH3 is 2. The second-order valence-corrected chi connectivity index (χ2v) is 6.34. The molecule has 1 atom stereocenters. The van der Waals surface area contributed by atoms with Gasteiger partial charge in [0.1, 0.15) is 11.5 Å². The van der Waals surface area contributed by atoms with Crippen molar-refractivity contribution in [3.8, 4) is 11.5 Å². The number of hydrogen-bond acceptors (Lipinski definition) is 4. The first-order chi connectivity index (χ1) is 12.2. The molecular formula is C20H26N2O3. The van der Waals surface area contributed by atoms with E-state index >= 15 is 0 Å². The van der Waals surface area contributed by atoms with Gasteiger partial charge in [-0.3, -0.25) is 9.69 Å². The highest BCUT2D eigenvalue weighted by atomic mass is 16.5. The van der Waals surface area contributed by atoms with E-state index in [-0.39, 0.29) is 5.91 Å². The number of benzene rings is 2. The topological polar surface area (TPSA) is 50.8 Å². The van der Waals surface area contributed by atoms with Gasteiger partial charge in [0.2, 0.25) is 0 Å². The summed E-state index contributed by atoms with van der Waals surface area (Å²) in [6.07, 6.45) is 2.34. The highest BCUT2D eigenvalue weighted by Crippen LogP contribution is 2.34. The molecule has 1 amide bonds. The Morgan fingerprint density at radius 1 is 1.20 bits per heavy atom. The third kappa shape index (κ3) is 3.42. The minimum atomic E-state index is -0.0930. The highest BCUT2D eigenvalue weighted by molar-refractivity contribution is 6.05. The van der Waals surface area contributed by atoms with Crippen LogP contribution in [0.3, 0.4) is 0 Å². The first-order valence-corrected chi connectivity index (χ1v) is 8.85. The number of hydrogen-bond donors (Lipinski definition) is 1. The third-order valence-corrected chi connectivity index (χ3v) is 5.04. The van der Waals surface area contributed by atoms with Crippen LogP contribution in [0.5, 0.6) is 11.5 Å². The maximum absolute atomic E-state index is 12.7. The van der Waals surface area contributed by atoms with E-state index in [4.69, 9.17) is 9.47 Å². The molecule has 25 heavy (non-hydrogen) atoms. The number of likely N-dealkylation sites (tertiary alicyclic amines) is 1. The lowest BCUT2D eigenvalue weighted by molar-refractivity contribution is 0.0938. The van der Waals surface area contributed by atoms with Gasteiger partial charge in [-0.1, -0.05) is 19.1 Å². The van der Waals surface area contributed by atoms with Crippen molar-refractivity contribution in [1.82, 2.24) is 10.2 Å². The molecule has 1 unspecified atom stereocenters. The molecule has 1 N–H and O–H groups in total. The quantitative estimate of drug-likeness (QED) is 0.876. The largest absolute Gasteiger partial charge is 0.496 e. The van der Waals surface area contributed by atoms with Crippen LogP contribution in [0.15, 0.2) is 30.3 Å². The van der Waals surface area contributed by atoms with E-state index < -0.39 is 0 Å². The van der Waals surface area contributed by atoms with Crippen LogP contribution < -0.4 is 14.8 Å². The highest BCUT2D eigenvalue weighted by Gasteiger charge is 2.24. The first-order valence-electron chi connectivity index (χ1n) is 8.85. The van der Waals surface area contributed by atoms with Crippen LogP contribution in [0.25, 0.3) is 10.8 Å². The molecule has 5 heteroatoms. The van der Waals surface area contributed by atoms with Gasteiger partial charge in [0.15, 0.2) is 0 Å². The van der Waals surface area contributed by atoms with Crippen molar-refractivity contribution in [2.75, 3.05) is 33.9 Å². The van der Waals surface area contributed by atoms with Crippen molar-refractivity contribution in [2.24, 2.45) is 0 Å². The summed E-state index contributed by atoms with van der Waals surface area (Å²) in [7, 11) is 3.24. The second-order valence-electron chi connectivity index (χ2n) is 6.34. The Kier molecular flexibility index (Phi) is 5.43. The van der Waals surface area contributed by atoms with Crippen molar-refractivity contribution in [2.45, 2.75) is 25.8 Å². The Hall–Kier alpha value is -2.27. The van der Waals surface area contributed by atoms with E-state index in [0.717, 1.165) is 36.0 Å². The van der Waals surface area contributed by atoms with E-state index in [1.165, 1.54) is 6.42 Å². The van der Waals surface area contributed by atoms with E-state index in [1.807, 2.05) is 30.3 Å². The molecule has 2 aromatic carbocycles. The first kappa shape index (κ1) is 17.5. The summed E-state index contributed by atoms with van der Waals surface area (Å²) in [5.41, 5.74) is 0.560. The zero-order chi connectivity index (χ0) is 17.8. The number of ether oxygens (including phenoxy) is 2. The fraction of sp³-hybridized carbons (Fsp3) is 0.450. The van der Waals surface area contributed by atoms with Crippen LogP contribution in [0.4, 0.5) is 0 Å². The summed E-state index contributed by atoms with van der Waals surface area (Å²) in [4.78, 5) is 15.2. The summed E-state index contributed by atoms with van der Waals surface area (Å²) in [6, 6.07) is 9.92. The lowest BCUT2D eigenvalue weighted by atomic mass is 10.0. The predicted molar refractivity (Wildman–Crippen MR) is 99.7 cm³/mol. The smallest absolute Gasteiger partial charge is 0.255 e. The zero-order valence-electron chi connectivity index (χ0n) is 15.2. The molecule has 3 rings (SSSR count). The third-order valence-electron chi connectivity index (χ3n) is 5.04. The van der Waals surface area contributed by atoms with E-state index in [9.17, 15) is 4.79 Å². The van der Waals surface area contributed by atoms with E-state index in [2.05, 4.69) is 17.1 Å². The lowest BCUT2D eigenvalue weighted by Gasteiger charge is -2.23. The van der Waals surface area contributed by atoms with Gasteiger partial charge in [-0.15, -0.1) is 0 Å².